The molecule has 0 saturated heterocycles. The van der Waals surface area contributed by atoms with E-state index < -0.39 is 5.91 Å². The Hall–Kier alpha value is -4.20. The van der Waals surface area contributed by atoms with E-state index in [1.54, 1.807) is 54.6 Å². The van der Waals surface area contributed by atoms with E-state index in [9.17, 15) is 9.18 Å². The van der Waals surface area contributed by atoms with Crippen LogP contribution in [0.1, 0.15) is 10.5 Å². The highest BCUT2D eigenvalue weighted by Crippen LogP contribution is 2.27. The van der Waals surface area contributed by atoms with Crippen molar-refractivity contribution in [3.05, 3.63) is 84.4 Å². The minimum absolute atomic E-state index is 0.133. The van der Waals surface area contributed by atoms with Gasteiger partial charge in [0.2, 0.25) is 0 Å². The number of hydrogen-bond acceptors (Lipinski definition) is 5. The highest BCUT2D eigenvalue weighted by Gasteiger charge is 2.14. The lowest BCUT2D eigenvalue weighted by atomic mass is 10.0. The van der Waals surface area contributed by atoms with Gasteiger partial charge in [-0.2, -0.15) is 0 Å². The summed E-state index contributed by atoms with van der Waals surface area (Å²) in [6.07, 6.45) is 1.51. The summed E-state index contributed by atoms with van der Waals surface area (Å²) < 4.78 is 14.6. The molecule has 0 radical (unpaired) electrons. The molecule has 7 nitrogen and oxygen atoms in total. The Bertz CT molecular complexity index is 1170. The molecule has 0 aliphatic rings. The van der Waals surface area contributed by atoms with Crippen LogP contribution >= 0.6 is 0 Å². The fourth-order valence-corrected chi connectivity index (χ4v) is 2.79. The average Bonchev–Trinajstić information content (AvgIpc) is 3.21. The fourth-order valence-electron chi connectivity index (χ4n) is 2.79. The predicted octanol–water partition coefficient (Wildman–Crippen LogP) is 3.49. The quantitative estimate of drug-likeness (QED) is 0.463. The Morgan fingerprint density at radius 3 is 2.34 bits per heavy atom. The molecule has 4 rings (SSSR count). The largest absolute Gasteiger partial charge is 0.399 e. The summed E-state index contributed by atoms with van der Waals surface area (Å²) in [7, 11) is 0. The highest BCUT2D eigenvalue weighted by atomic mass is 19.1. The van der Waals surface area contributed by atoms with Crippen molar-refractivity contribution < 1.29 is 9.18 Å². The molecule has 29 heavy (non-hydrogen) atoms. The number of rotatable bonds is 4. The SMILES string of the molecule is Nc1ccc(-n2cc(C(=O)Nc3cc(-c4ccc(F)cc4)ccc3N)nn2)cc1. The Balaban J connectivity index is 1.56. The van der Waals surface area contributed by atoms with Crippen molar-refractivity contribution in [3.63, 3.8) is 0 Å². The van der Waals surface area contributed by atoms with E-state index >= 15 is 0 Å². The second-order valence-corrected chi connectivity index (χ2v) is 6.40. The van der Waals surface area contributed by atoms with Crippen molar-refractivity contribution in [2.24, 2.45) is 0 Å². The summed E-state index contributed by atoms with van der Waals surface area (Å²) in [6.45, 7) is 0. The van der Waals surface area contributed by atoms with Crippen molar-refractivity contribution in [2.75, 3.05) is 16.8 Å². The molecule has 0 aliphatic carbocycles. The van der Waals surface area contributed by atoms with Crippen LogP contribution in [0.15, 0.2) is 72.9 Å². The number of nitrogens with two attached hydrogens (primary N) is 2. The Kier molecular flexibility index (Phi) is 4.66. The van der Waals surface area contributed by atoms with E-state index in [-0.39, 0.29) is 11.5 Å². The van der Waals surface area contributed by atoms with E-state index in [0.717, 1.165) is 16.8 Å². The minimum atomic E-state index is -0.449. The van der Waals surface area contributed by atoms with Gasteiger partial charge in [0.05, 0.1) is 23.3 Å². The van der Waals surface area contributed by atoms with Crippen LogP contribution in [0.5, 0.6) is 0 Å². The molecule has 144 valence electrons. The smallest absolute Gasteiger partial charge is 0.277 e. The Morgan fingerprint density at radius 2 is 1.62 bits per heavy atom. The number of carbonyl (C=O) groups is 1. The first-order chi connectivity index (χ1) is 14.0. The third kappa shape index (κ3) is 3.91. The highest BCUT2D eigenvalue weighted by molar-refractivity contribution is 6.04. The normalized spacial score (nSPS) is 10.7. The summed E-state index contributed by atoms with van der Waals surface area (Å²) in [5.41, 5.74) is 15.6. The summed E-state index contributed by atoms with van der Waals surface area (Å²) in [5.74, 6) is -0.767. The van der Waals surface area contributed by atoms with E-state index in [2.05, 4.69) is 15.6 Å². The van der Waals surface area contributed by atoms with Crippen LogP contribution < -0.4 is 16.8 Å². The van der Waals surface area contributed by atoms with Gasteiger partial charge in [-0.15, -0.1) is 5.10 Å². The second-order valence-electron chi connectivity index (χ2n) is 6.40. The molecular weight excluding hydrogens is 371 g/mol. The molecule has 8 heteroatoms. The molecule has 0 aliphatic heterocycles. The first-order valence-corrected chi connectivity index (χ1v) is 8.75. The van der Waals surface area contributed by atoms with Gasteiger partial charge in [-0.1, -0.05) is 23.4 Å². The molecule has 1 amide bonds. The van der Waals surface area contributed by atoms with Gasteiger partial charge in [0.1, 0.15) is 5.82 Å². The zero-order valence-electron chi connectivity index (χ0n) is 15.2. The van der Waals surface area contributed by atoms with Gasteiger partial charge in [-0.25, -0.2) is 9.07 Å². The van der Waals surface area contributed by atoms with Crippen LogP contribution in [-0.4, -0.2) is 20.9 Å². The van der Waals surface area contributed by atoms with E-state index in [4.69, 9.17) is 11.5 Å². The van der Waals surface area contributed by atoms with Crippen molar-refractivity contribution in [3.8, 4) is 16.8 Å². The maximum atomic E-state index is 13.2. The van der Waals surface area contributed by atoms with Gasteiger partial charge in [0, 0.05) is 5.69 Å². The number of aromatic nitrogens is 3. The van der Waals surface area contributed by atoms with Gasteiger partial charge in [0.25, 0.3) is 5.91 Å². The molecular formula is C21H17FN6O. The summed E-state index contributed by atoms with van der Waals surface area (Å²) in [6, 6.07) is 18.3. The number of amides is 1. The lowest BCUT2D eigenvalue weighted by molar-refractivity contribution is 0.102. The predicted molar refractivity (Wildman–Crippen MR) is 110 cm³/mol. The fraction of sp³-hybridized carbons (Fsp3) is 0. The van der Waals surface area contributed by atoms with Crippen molar-refractivity contribution >= 4 is 23.0 Å². The van der Waals surface area contributed by atoms with Gasteiger partial charge in [0.15, 0.2) is 5.69 Å². The lowest BCUT2D eigenvalue weighted by Crippen LogP contribution is -2.13. The minimum Gasteiger partial charge on any atom is -0.399 e. The molecule has 4 aromatic rings. The average molecular weight is 388 g/mol. The van der Waals surface area contributed by atoms with Crippen LogP contribution in [0, 0.1) is 5.82 Å². The van der Waals surface area contributed by atoms with Crippen LogP contribution in [-0.2, 0) is 0 Å². The first kappa shape index (κ1) is 18.2. The molecule has 0 unspecified atom stereocenters. The zero-order chi connectivity index (χ0) is 20.4. The molecule has 3 aromatic carbocycles. The Labute approximate surface area is 165 Å². The van der Waals surface area contributed by atoms with Crippen LogP contribution in [0.2, 0.25) is 0 Å². The van der Waals surface area contributed by atoms with Gasteiger partial charge >= 0.3 is 0 Å². The molecule has 1 aromatic heterocycles. The maximum absolute atomic E-state index is 13.2. The third-order valence-corrected chi connectivity index (χ3v) is 4.36. The molecule has 1 heterocycles. The van der Waals surface area contributed by atoms with E-state index in [0.29, 0.717) is 17.1 Å². The van der Waals surface area contributed by atoms with Gasteiger partial charge in [-0.3, -0.25) is 4.79 Å². The van der Waals surface area contributed by atoms with Crippen molar-refractivity contribution in [1.82, 2.24) is 15.0 Å². The van der Waals surface area contributed by atoms with Crippen LogP contribution in [0.25, 0.3) is 16.8 Å². The van der Waals surface area contributed by atoms with Crippen LogP contribution in [0.3, 0.4) is 0 Å². The first-order valence-electron chi connectivity index (χ1n) is 8.75. The number of carbonyl (C=O) groups excluding carboxylic acids is 1. The van der Waals surface area contributed by atoms with E-state index in [1.165, 1.54) is 23.0 Å². The third-order valence-electron chi connectivity index (χ3n) is 4.36. The molecule has 0 bridgehead atoms. The number of anilines is 3. The number of benzene rings is 3. The Morgan fingerprint density at radius 1 is 0.931 bits per heavy atom. The van der Waals surface area contributed by atoms with Crippen LogP contribution in [0.4, 0.5) is 21.5 Å². The molecule has 0 atom stereocenters. The summed E-state index contributed by atoms with van der Waals surface area (Å²) in [4.78, 5) is 12.6. The lowest BCUT2D eigenvalue weighted by Gasteiger charge is -2.10. The standard InChI is InChI=1S/C21H17FN6O/c22-15-4-1-13(2-5-15)14-3-10-18(24)19(11-14)25-21(29)20-12-28(27-26-20)17-8-6-16(23)7-9-17/h1-12H,23-24H2,(H,25,29). The summed E-state index contributed by atoms with van der Waals surface area (Å²) in [5, 5.41) is 10.6. The molecule has 0 spiro atoms. The van der Waals surface area contributed by atoms with Crippen molar-refractivity contribution in [1.29, 1.82) is 0 Å². The molecule has 0 fully saturated rings. The van der Waals surface area contributed by atoms with E-state index in [1.807, 2.05) is 0 Å². The number of halogens is 1. The van der Waals surface area contributed by atoms with Crippen molar-refractivity contribution in [2.45, 2.75) is 0 Å². The van der Waals surface area contributed by atoms with Gasteiger partial charge < -0.3 is 16.8 Å². The monoisotopic (exact) mass is 388 g/mol. The number of nitrogens with zero attached hydrogens (tertiary/aromatic N) is 3. The summed E-state index contributed by atoms with van der Waals surface area (Å²) >= 11 is 0. The second kappa shape index (κ2) is 7.43. The number of nitrogens with one attached hydrogen (secondary N) is 1. The molecule has 0 saturated carbocycles. The number of nitrogen functional groups attached to an aromatic ring is 2. The van der Waals surface area contributed by atoms with Gasteiger partial charge in [-0.05, 0) is 59.7 Å². The zero-order valence-corrected chi connectivity index (χ0v) is 15.2. The number of hydrogen-bond donors (Lipinski definition) is 3. The maximum Gasteiger partial charge on any atom is 0.277 e. The topological polar surface area (TPSA) is 112 Å². The molecule has 5 N–H and O–H groups in total.